The van der Waals surface area contributed by atoms with E-state index in [1.165, 1.54) is 6.07 Å². The van der Waals surface area contributed by atoms with Gasteiger partial charge in [-0.2, -0.15) is 0 Å². The first-order chi connectivity index (χ1) is 22.3. The Balaban J connectivity index is 1.86. The van der Waals surface area contributed by atoms with E-state index in [2.05, 4.69) is 0 Å². The van der Waals surface area contributed by atoms with Crippen molar-refractivity contribution in [3.63, 3.8) is 0 Å². The first-order valence-electron chi connectivity index (χ1n) is 16.2. The zero-order valence-electron chi connectivity index (χ0n) is 29.3. The zero-order chi connectivity index (χ0) is 35.9. The average Bonchev–Trinajstić information content (AvgIpc) is 2.97. The van der Waals surface area contributed by atoms with E-state index in [1.54, 1.807) is 79.8 Å². The number of amides is 2. The summed E-state index contributed by atoms with van der Waals surface area (Å²) in [6.07, 6.45) is -1.47. The number of ether oxygens (including phenoxy) is 3. The zero-order valence-corrected chi connectivity index (χ0v) is 30.2. The molecule has 0 aromatic heterocycles. The van der Waals surface area contributed by atoms with Crippen molar-refractivity contribution in [3.8, 4) is 16.9 Å². The summed E-state index contributed by atoms with van der Waals surface area (Å²) in [5, 5.41) is 8.89. The van der Waals surface area contributed by atoms with Gasteiger partial charge >= 0.3 is 18.2 Å². The molecule has 2 aromatic carbocycles. The molecule has 2 aromatic rings. The Kier molecular flexibility index (Phi) is 12.9. The molecule has 48 heavy (non-hydrogen) atoms. The Morgan fingerprint density at radius 2 is 1.58 bits per heavy atom. The van der Waals surface area contributed by atoms with Crippen LogP contribution in [0.15, 0.2) is 42.5 Å². The molecule has 0 saturated carbocycles. The highest BCUT2D eigenvalue weighted by Gasteiger charge is 2.58. The third-order valence-electron chi connectivity index (χ3n) is 7.94. The molecule has 1 fully saturated rings. The predicted molar refractivity (Wildman–Crippen MR) is 181 cm³/mol. The Bertz CT molecular complexity index is 1460. The molecule has 2 atom stereocenters. The van der Waals surface area contributed by atoms with Crippen LogP contribution in [-0.2, 0) is 29.9 Å². The third-order valence-corrected chi connectivity index (χ3v) is 11.3. The number of hydrogen-bond acceptors (Lipinski definition) is 9. The van der Waals surface area contributed by atoms with Crippen molar-refractivity contribution in [3.05, 3.63) is 53.8 Å². The van der Waals surface area contributed by atoms with Gasteiger partial charge in [-0.3, -0.25) is 14.3 Å². The van der Waals surface area contributed by atoms with Crippen LogP contribution in [0.5, 0.6) is 5.75 Å². The van der Waals surface area contributed by atoms with Gasteiger partial charge in [0.25, 0.3) is 0 Å². The quantitative estimate of drug-likeness (QED) is 0.174. The van der Waals surface area contributed by atoms with E-state index < -0.39 is 47.7 Å². The van der Waals surface area contributed by atoms with Gasteiger partial charge in [0.2, 0.25) is 7.37 Å². The first-order valence-corrected chi connectivity index (χ1v) is 18.0. The number of imide groups is 1. The summed E-state index contributed by atoms with van der Waals surface area (Å²) < 4.78 is 51.6. The Labute approximate surface area is 283 Å². The molecular formula is C35H50FN2O9P. The standard InChI is InChI=1S/C35H50FN2O9P/c1-9-45-48(43)22-21-37(23-28-27(13-12-14-29(28)36)25-15-17-26(44-8)18-16-25)24-35(48,30(39)40)19-10-11-20-38(31(41)46-33(2,3)4)32(42)47-34(5,6)7/h12-18H,9-11,19-24H2,1-8H3,(H,39,40). The molecule has 1 aliphatic heterocycles. The fraction of sp³-hybridized carbons (Fsp3) is 0.571. The lowest BCUT2D eigenvalue weighted by molar-refractivity contribution is -0.141. The number of unbranched alkanes of at least 4 members (excludes halogenated alkanes) is 1. The lowest BCUT2D eigenvalue weighted by Crippen LogP contribution is -2.54. The summed E-state index contributed by atoms with van der Waals surface area (Å²) in [6, 6.07) is 12.0. The largest absolute Gasteiger partial charge is 0.497 e. The van der Waals surface area contributed by atoms with Gasteiger partial charge in [0.1, 0.15) is 22.8 Å². The van der Waals surface area contributed by atoms with E-state index in [-0.39, 0.29) is 58.2 Å². The molecule has 0 bridgehead atoms. The maximum absolute atomic E-state index is 15.4. The molecular weight excluding hydrogens is 642 g/mol. The van der Waals surface area contributed by atoms with Crippen LogP contribution in [0.3, 0.4) is 0 Å². The molecule has 1 saturated heterocycles. The summed E-state index contributed by atoms with van der Waals surface area (Å²) in [5.41, 5.74) is 0.0749. The molecule has 3 rings (SSSR count). The smallest absolute Gasteiger partial charge is 0.419 e. The summed E-state index contributed by atoms with van der Waals surface area (Å²) in [5.74, 6) is -1.05. The van der Waals surface area contributed by atoms with E-state index in [9.17, 15) is 24.1 Å². The normalized spacial score (nSPS) is 20.2. The number of benzene rings is 2. The van der Waals surface area contributed by atoms with E-state index in [0.29, 0.717) is 16.9 Å². The van der Waals surface area contributed by atoms with Gasteiger partial charge in [-0.15, -0.1) is 0 Å². The molecule has 13 heteroatoms. The molecule has 0 radical (unpaired) electrons. The fourth-order valence-corrected chi connectivity index (χ4v) is 8.68. The first kappa shape index (κ1) is 39.0. The molecule has 266 valence electrons. The van der Waals surface area contributed by atoms with Crippen molar-refractivity contribution in [2.24, 2.45) is 0 Å². The second-order valence-corrected chi connectivity index (χ2v) is 16.8. The van der Waals surface area contributed by atoms with Gasteiger partial charge in [-0.25, -0.2) is 18.9 Å². The van der Waals surface area contributed by atoms with Gasteiger partial charge < -0.3 is 23.8 Å². The molecule has 11 nitrogen and oxygen atoms in total. The average molecular weight is 693 g/mol. The maximum atomic E-state index is 15.4. The highest BCUT2D eigenvalue weighted by molar-refractivity contribution is 7.62. The maximum Gasteiger partial charge on any atom is 0.419 e. The topological polar surface area (TPSA) is 132 Å². The van der Waals surface area contributed by atoms with E-state index in [0.717, 1.165) is 10.5 Å². The van der Waals surface area contributed by atoms with Crippen molar-refractivity contribution < 1.29 is 47.2 Å². The van der Waals surface area contributed by atoms with Crippen molar-refractivity contribution in [2.75, 3.05) is 39.5 Å². The molecule has 1 heterocycles. The van der Waals surface area contributed by atoms with Gasteiger partial charge in [-0.05, 0) is 97.1 Å². The Morgan fingerprint density at radius 3 is 2.10 bits per heavy atom. The minimum Gasteiger partial charge on any atom is -0.497 e. The number of carboxylic acids is 1. The minimum absolute atomic E-state index is 0.0264. The van der Waals surface area contributed by atoms with Crippen molar-refractivity contribution >= 4 is 25.5 Å². The number of nitrogens with zero attached hydrogens (tertiary/aromatic N) is 2. The van der Waals surface area contributed by atoms with Crippen LogP contribution in [0.4, 0.5) is 14.0 Å². The van der Waals surface area contributed by atoms with Crippen LogP contribution < -0.4 is 4.74 Å². The van der Waals surface area contributed by atoms with E-state index in [1.807, 2.05) is 17.0 Å². The number of rotatable bonds is 12. The molecule has 0 aliphatic carbocycles. The van der Waals surface area contributed by atoms with Crippen molar-refractivity contribution in [1.82, 2.24) is 9.80 Å². The number of carbonyl (C=O) groups excluding carboxylic acids is 2. The molecule has 2 amide bonds. The second kappa shape index (κ2) is 15.8. The van der Waals surface area contributed by atoms with Crippen LogP contribution in [0.2, 0.25) is 0 Å². The van der Waals surface area contributed by atoms with Gasteiger partial charge in [-0.1, -0.05) is 24.3 Å². The minimum atomic E-state index is -3.75. The molecule has 1 N–H and O–H groups in total. The van der Waals surface area contributed by atoms with Gasteiger partial charge in [0.15, 0.2) is 5.16 Å². The van der Waals surface area contributed by atoms with E-state index in [4.69, 9.17) is 18.7 Å². The summed E-state index contributed by atoms with van der Waals surface area (Å²) in [6.45, 7) is 11.9. The van der Waals surface area contributed by atoms with Crippen molar-refractivity contribution in [2.45, 2.75) is 90.6 Å². The summed E-state index contributed by atoms with van der Waals surface area (Å²) >= 11 is 0. The number of methoxy groups -OCH3 is 1. The molecule has 2 unspecified atom stereocenters. The van der Waals surface area contributed by atoms with Crippen LogP contribution in [0, 0.1) is 5.82 Å². The Hall–Kier alpha value is -3.47. The van der Waals surface area contributed by atoms with Crippen LogP contribution in [-0.4, -0.2) is 88.9 Å². The lowest BCUT2D eigenvalue weighted by atomic mass is 9.96. The second-order valence-electron chi connectivity index (χ2n) is 13.9. The molecule has 0 spiro atoms. The monoisotopic (exact) mass is 692 g/mol. The SMILES string of the molecule is CCOP1(=O)CCN(Cc2c(F)cccc2-c2ccc(OC)cc2)CC1(CCCCN(C(=O)OC(C)(C)C)C(=O)OC(C)(C)C)C(=O)O. The Morgan fingerprint density at radius 1 is 0.979 bits per heavy atom. The van der Waals surface area contributed by atoms with E-state index >= 15 is 4.39 Å². The number of carboxylic acid groups (broad SMARTS) is 1. The number of carbonyl (C=O) groups is 3. The fourth-order valence-electron chi connectivity index (χ4n) is 5.71. The molecule has 1 aliphatic rings. The van der Waals surface area contributed by atoms with Crippen molar-refractivity contribution in [1.29, 1.82) is 0 Å². The third kappa shape index (κ3) is 9.80. The van der Waals surface area contributed by atoms with Gasteiger partial charge in [0.05, 0.1) is 13.7 Å². The highest BCUT2D eigenvalue weighted by atomic mass is 31.2. The van der Waals surface area contributed by atoms with Crippen LogP contribution >= 0.6 is 7.37 Å². The lowest BCUT2D eigenvalue weighted by Gasteiger charge is -2.45. The predicted octanol–water partition coefficient (Wildman–Crippen LogP) is 7.80. The highest BCUT2D eigenvalue weighted by Crippen LogP contribution is 2.63. The summed E-state index contributed by atoms with van der Waals surface area (Å²) in [7, 11) is -2.19. The van der Waals surface area contributed by atoms with Gasteiger partial charge in [0, 0.05) is 37.9 Å². The van der Waals surface area contributed by atoms with Crippen LogP contribution in [0.1, 0.15) is 73.3 Å². The number of hydrogen-bond donors (Lipinski definition) is 1. The summed E-state index contributed by atoms with van der Waals surface area (Å²) in [4.78, 5) is 41.7. The number of halogens is 1. The number of aliphatic carboxylic acids is 1. The van der Waals surface area contributed by atoms with Crippen LogP contribution in [0.25, 0.3) is 11.1 Å².